The van der Waals surface area contributed by atoms with Crippen LogP contribution < -0.4 is 5.32 Å². The lowest BCUT2D eigenvalue weighted by Gasteiger charge is -2.17. The Hall–Kier alpha value is -1.88. The molecule has 118 valence electrons. The Bertz CT molecular complexity index is 727. The molecule has 1 aliphatic rings. The van der Waals surface area contributed by atoms with Crippen molar-refractivity contribution in [2.75, 3.05) is 6.54 Å². The molecule has 1 saturated heterocycles. The minimum Gasteiger partial charge on any atom is -0.481 e. The van der Waals surface area contributed by atoms with Crippen molar-refractivity contribution in [2.45, 2.75) is 38.6 Å². The van der Waals surface area contributed by atoms with Gasteiger partial charge in [0.05, 0.1) is 17.0 Å². The molecule has 1 fully saturated rings. The minimum atomic E-state index is -0.719. The number of imidazole rings is 1. The van der Waals surface area contributed by atoms with Crippen LogP contribution in [0.25, 0.3) is 11.0 Å². The van der Waals surface area contributed by atoms with Gasteiger partial charge in [-0.3, -0.25) is 4.79 Å². The number of rotatable bonds is 2. The van der Waals surface area contributed by atoms with Gasteiger partial charge >= 0.3 is 5.97 Å². The Balaban J connectivity index is 1.96. The third-order valence-electron chi connectivity index (χ3n) is 4.46. The van der Waals surface area contributed by atoms with E-state index in [9.17, 15) is 4.79 Å². The maximum atomic E-state index is 11.1. The minimum absolute atomic E-state index is 0.00601. The number of aryl methyl sites for hydroxylation is 1. The second-order valence-corrected chi connectivity index (χ2v) is 7.22. The first-order chi connectivity index (χ1) is 10.3. The summed E-state index contributed by atoms with van der Waals surface area (Å²) in [5.74, 6) is 0.0425. The third kappa shape index (κ3) is 2.50. The van der Waals surface area contributed by atoms with Gasteiger partial charge in [0.1, 0.15) is 5.82 Å². The molecule has 1 aromatic carbocycles. The van der Waals surface area contributed by atoms with Gasteiger partial charge in [0, 0.05) is 25.0 Å². The average Bonchev–Trinajstić information content (AvgIpc) is 3.03. The SMILES string of the molecule is Cn1c(C(C)(C)C)nc2cc(C3CC(C(=O)O)CN3)ccc21. The molecule has 2 N–H and O–H groups in total. The summed E-state index contributed by atoms with van der Waals surface area (Å²) in [6.07, 6.45) is 0.639. The summed E-state index contributed by atoms with van der Waals surface area (Å²) in [5.41, 5.74) is 3.20. The normalized spacial score (nSPS) is 22.4. The van der Waals surface area contributed by atoms with Crippen LogP contribution in [0.5, 0.6) is 0 Å². The number of carbonyl (C=O) groups is 1. The van der Waals surface area contributed by atoms with Crippen molar-refractivity contribution in [2.24, 2.45) is 13.0 Å². The van der Waals surface area contributed by atoms with Gasteiger partial charge in [-0.25, -0.2) is 4.98 Å². The molecule has 0 radical (unpaired) electrons. The van der Waals surface area contributed by atoms with Crippen molar-refractivity contribution >= 4 is 17.0 Å². The van der Waals surface area contributed by atoms with Crippen molar-refractivity contribution in [1.82, 2.24) is 14.9 Å². The van der Waals surface area contributed by atoms with E-state index in [0.29, 0.717) is 13.0 Å². The van der Waals surface area contributed by atoms with Crippen molar-refractivity contribution < 1.29 is 9.90 Å². The number of carboxylic acid groups (broad SMARTS) is 1. The molecule has 0 amide bonds. The van der Waals surface area contributed by atoms with Gasteiger partial charge in [-0.2, -0.15) is 0 Å². The number of benzene rings is 1. The standard InChI is InChI=1S/C17H23N3O2/c1-17(2,3)16-19-13-7-10(5-6-14(13)20(16)4)12-8-11(9-18-12)15(21)22/h5-7,11-12,18H,8-9H2,1-4H3,(H,21,22). The fourth-order valence-electron chi connectivity index (χ4n) is 3.28. The first-order valence-electron chi connectivity index (χ1n) is 7.70. The zero-order valence-electron chi connectivity index (χ0n) is 13.6. The highest BCUT2D eigenvalue weighted by molar-refractivity contribution is 5.77. The number of aromatic nitrogens is 2. The van der Waals surface area contributed by atoms with Gasteiger partial charge < -0.3 is 15.0 Å². The fraction of sp³-hybridized carbons (Fsp3) is 0.529. The van der Waals surface area contributed by atoms with Crippen molar-refractivity contribution in [3.05, 3.63) is 29.6 Å². The van der Waals surface area contributed by atoms with Crippen LogP contribution in [-0.4, -0.2) is 27.2 Å². The van der Waals surface area contributed by atoms with Gasteiger partial charge in [0.25, 0.3) is 0 Å². The Morgan fingerprint density at radius 2 is 2.14 bits per heavy atom. The molecule has 2 unspecified atom stereocenters. The Kier molecular flexibility index (Phi) is 3.48. The second kappa shape index (κ2) is 5.09. The van der Waals surface area contributed by atoms with Crippen molar-refractivity contribution in [3.8, 4) is 0 Å². The molecule has 5 nitrogen and oxygen atoms in total. The van der Waals surface area contributed by atoms with Crippen LogP contribution in [0, 0.1) is 5.92 Å². The van der Waals surface area contributed by atoms with Crippen molar-refractivity contribution in [1.29, 1.82) is 0 Å². The quantitative estimate of drug-likeness (QED) is 0.895. The Morgan fingerprint density at radius 3 is 2.73 bits per heavy atom. The van der Waals surface area contributed by atoms with Gasteiger partial charge in [0.2, 0.25) is 0 Å². The fourth-order valence-corrected chi connectivity index (χ4v) is 3.28. The molecule has 3 rings (SSSR count). The largest absolute Gasteiger partial charge is 0.481 e. The summed E-state index contributed by atoms with van der Waals surface area (Å²) in [4.78, 5) is 15.9. The molecule has 2 atom stereocenters. The van der Waals surface area contributed by atoms with E-state index in [2.05, 4.69) is 48.9 Å². The van der Waals surface area contributed by atoms with E-state index < -0.39 is 5.97 Å². The van der Waals surface area contributed by atoms with E-state index in [4.69, 9.17) is 10.1 Å². The number of carboxylic acids is 1. The third-order valence-corrected chi connectivity index (χ3v) is 4.46. The first-order valence-corrected chi connectivity index (χ1v) is 7.70. The molecular formula is C17H23N3O2. The number of nitrogens with one attached hydrogen (secondary N) is 1. The lowest BCUT2D eigenvalue weighted by Crippen LogP contribution is -2.17. The molecule has 0 bridgehead atoms. The number of fused-ring (bicyclic) bond motifs is 1. The van der Waals surface area contributed by atoms with Crippen LogP contribution >= 0.6 is 0 Å². The number of aliphatic carboxylic acids is 1. The molecule has 2 heterocycles. The summed E-state index contributed by atoms with van der Waals surface area (Å²) < 4.78 is 2.14. The molecule has 0 saturated carbocycles. The highest BCUT2D eigenvalue weighted by atomic mass is 16.4. The molecule has 22 heavy (non-hydrogen) atoms. The molecule has 2 aromatic rings. The van der Waals surface area contributed by atoms with E-state index in [-0.39, 0.29) is 17.4 Å². The zero-order valence-corrected chi connectivity index (χ0v) is 13.6. The van der Waals surface area contributed by atoms with Gasteiger partial charge in [-0.15, -0.1) is 0 Å². The summed E-state index contributed by atoms with van der Waals surface area (Å²) >= 11 is 0. The molecule has 0 spiro atoms. The van der Waals surface area contributed by atoms with Gasteiger partial charge in [-0.05, 0) is 24.1 Å². The summed E-state index contributed by atoms with van der Waals surface area (Å²) in [5, 5.41) is 12.4. The molecule has 5 heteroatoms. The average molecular weight is 301 g/mol. The first kappa shape index (κ1) is 15.0. The van der Waals surface area contributed by atoms with Gasteiger partial charge in [-0.1, -0.05) is 26.8 Å². The number of hydrogen-bond acceptors (Lipinski definition) is 3. The monoisotopic (exact) mass is 301 g/mol. The smallest absolute Gasteiger partial charge is 0.307 e. The Labute approximate surface area is 130 Å². The summed E-state index contributed by atoms with van der Waals surface area (Å²) in [7, 11) is 2.05. The van der Waals surface area contributed by atoms with E-state index >= 15 is 0 Å². The van der Waals surface area contributed by atoms with Crippen molar-refractivity contribution in [3.63, 3.8) is 0 Å². The van der Waals surface area contributed by atoms with E-state index in [1.807, 2.05) is 7.05 Å². The van der Waals surface area contributed by atoms with E-state index in [1.54, 1.807) is 0 Å². The second-order valence-electron chi connectivity index (χ2n) is 7.22. The van der Waals surface area contributed by atoms with Crippen LogP contribution in [-0.2, 0) is 17.3 Å². The molecule has 1 aromatic heterocycles. The molecule has 0 aliphatic carbocycles. The highest BCUT2D eigenvalue weighted by Crippen LogP contribution is 2.31. The van der Waals surface area contributed by atoms with Gasteiger partial charge in [0.15, 0.2) is 0 Å². The summed E-state index contributed by atoms with van der Waals surface area (Å²) in [6.45, 7) is 7.01. The number of nitrogens with zero attached hydrogens (tertiary/aromatic N) is 2. The zero-order chi connectivity index (χ0) is 16.1. The maximum Gasteiger partial charge on any atom is 0.307 e. The Morgan fingerprint density at radius 1 is 1.41 bits per heavy atom. The van der Waals surface area contributed by atoms with E-state index in [1.165, 1.54) is 0 Å². The lowest BCUT2D eigenvalue weighted by atomic mass is 9.96. The maximum absolute atomic E-state index is 11.1. The summed E-state index contributed by atoms with van der Waals surface area (Å²) in [6, 6.07) is 6.36. The van der Waals surface area contributed by atoms with Crippen LogP contribution in [0.15, 0.2) is 18.2 Å². The predicted octanol–water partition coefficient (Wildman–Crippen LogP) is 2.61. The highest BCUT2D eigenvalue weighted by Gasteiger charge is 2.30. The molecular weight excluding hydrogens is 278 g/mol. The van der Waals surface area contributed by atoms with E-state index in [0.717, 1.165) is 22.4 Å². The van der Waals surface area contributed by atoms with Crippen LogP contribution in [0.4, 0.5) is 0 Å². The van der Waals surface area contributed by atoms with Crippen LogP contribution in [0.1, 0.15) is 44.6 Å². The predicted molar refractivity (Wildman–Crippen MR) is 85.9 cm³/mol. The van der Waals surface area contributed by atoms with Crippen LogP contribution in [0.3, 0.4) is 0 Å². The lowest BCUT2D eigenvalue weighted by molar-refractivity contribution is -0.141. The van der Waals surface area contributed by atoms with Crippen LogP contribution in [0.2, 0.25) is 0 Å². The topological polar surface area (TPSA) is 67.2 Å². The molecule has 1 aliphatic heterocycles. The number of hydrogen-bond donors (Lipinski definition) is 2.